The lowest BCUT2D eigenvalue weighted by molar-refractivity contribution is -0.141. The number of hydrogen-bond acceptors (Lipinski definition) is 5. The third-order valence-electron chi connectivity index (χ3n) is 5.20. The van der Waals surface area contributed by atoms with Crippen LogP contribution in [0, 0.1) is 12.8 Å². The number of halogens is 5. The molecule has 14 heteroatoms. The number of carbonyl (C=O) groups excluding carboxylic acids is 3. The van der Waals surface area contributed by atoms with Gasteiger partial charge in [-0.15, -0.1) is 0 Å². The van der Waals surface area contributed by atoms with Crippen LogP contribution < -0.4 is 16.2 Å². The number of aryl methyl sites for hydroxylation is 1. The quantitative estimate of drug-likeness (QED) is 0.416. The molecular weight excluding hydrogens is 524 g/mol. The predicted octanol–water partition coefficient (Wildman–Crippen LogP) is 4.32. The first-order valence-electron chi connectivity index (χ1n) is 10.5. The van der Waals surface area contributed by atoms with Crippen LogP contribution in [0.15, 0.2) is 36.5 Å². The van der Waals surface area contributed by atoms with Crippen molar-refractivity contribution in [3.8, 4) is 5.82 Å². The van der Waals surface area contributed by atoms with Crippen LogP contribution in [0.2, 0.25) is 10.0 Å². The zero-order valence-corrected chi connectivity index (χ0v) is 19.9. The van der Waals surface area contributed by atoms with Crippen LogP contribution in [0.4, 0.5) is 18.9 Å². The minimum Gasteiger partial charge on any atom is -0.320 e. The minimum atomic E-state index is -4.86. The van der Waals surface area contributed by atoms with Gasteiger partial charge in [0.15, 0.2) is 11.5 Å². The Labute approximate surface area is 211 Å². The zero-order valence-electron chi connectivity index (χ0n) is 18.4. The Hall–Kier alpha value is -3.64. The minimum absolute atomic E-state index is 0.0315. The summed E-state index contributed by atoms with van der Waals surface area (Å²) >= 11 is 12.2. The molecule has 1 aromatic carbocycles. The molecular formula is C22H17Cl2F3N6O3. The molecule has 0 aliphatic heterocycles. The van der Waals surface area contributed by atoms with E-state index in [0.717, 1.165) is 0 Å². The largest absolute Gasteiger partial charge is 0.435 e. The SMILES string of the molecule is Cc1cc(Cl)cc(C(=O)NNC(=O)C2CC2)c1NC(=O)c1cc(C(F)(F)F)nn1-c1ncccc1Cl. The van der Waals surface area contributed by atoms with E-state index in [-0.39, 0.29) is 38.9 Å². The van der Waals surface area contributed by atoms with E-state index in [4.69, 9.17) is 23.2 Å². The number of amides is 3. The molecule has 0 unspecified atom stereocenters. The highest BCUT2D eigenvalue weighted by Gasteiger charge is 2.37. The molecule has 0 bridgehead atoms. The molecule has 4 rings (SSSR count). The van der Waals surface area contributed by atoms with Crippen LogP contribution in [0.5, 0.6) is 0 Å². The molecule has 0 saturated heterocycles. The lowest BCUT2D eigenvalue weighted by atomic mass is 10.1. The lowest BCUT2D eigenvalue weighted by Crippen LogP contribution is -2.42. The summed E-state index contributed by atoms with van der Waals surface area (Å²) in [5, 5.41) is 6.04. The van der Waals surface area contributed by atoms with Gasteiger partial charge >= 0.3 is 6.18 Å². The van der Waals surface area contributed by atoms with Crippen molar-refractivity contribution in [3.63, 3.8) is 0 Å². The Morgan fingerprint density at radius 1 is 1.08 bits per heavy atom. The van der Waals surface area contributed by atoms with Gasteiger partial charge in [0, 0.05) is 23.2 Å². The molecule has 0 radical (unpaired) electrons. The molecule has 1 saturated carbocycles. The van der Waals surface area contributed by atoms with E-state index in [1.54, 1.807) is 0 Å². The summed E-state index contributed by atoms with van der Waals surface area (Å²) in [4.78, 5) is 41.8. The summed E-state index contributed by atoms with van der Waals surface area (Å²) in [6.07, 6.45) is -2.15. The van der Waals surface area contributed by atoms with Gasteiger partial charge in [0.25, 0.3) is 11.8 Å². The van der Waals surface area contributed by atoms with Gasteiger partial charge in [0.2, 0.25) is 5.91 Å². The van der Waals surface area contributed by atoms with E-state index >= 15 is 0 Å². The fourth-order valence-electron chi connectivity index (χ4n) is 3.28. The fraction of sp³-hybridized carbons (Fsp3) is 0.227. The van der Waals surface area contributed by atoms with E-state index in [2.05, 4.69) is 26.3 Å². The zero-order chi connectivity index (χ0) is 26.2. The molecule has 3 amide bonds. The monoisotopic (exact) mass is 540 g/mol. The maximum absolute atomic E-state index is 13.4. The molecule has 1 fully saturated rings. The molecule has 0 spiro atoms. The number of aromatic nitrogens is 3. The van der Waals surface area contributed by atoms with Gasteiger partial charge in [-0.3, -0.25) is 25.2 Å². The third kappa shape index (κ3) is 5.44. The van der Waals surface area contributed by atoms with Crippen LogP contribution in [0.1, 0.15) is 44.9 Å². The summed E-state index contributed by atoms with van der Waals surface area (Å²) < 4.78 is 40.9. The average Bonchev–Trinajstić information content (AvgIpc) is 3.56. The molecule has 9 nitrogen and oxygen atoms in total. The highest BCUT2D eigenvalue weighted by Crippen LogP contribution is 2.32. The normalized spacial score (nSPS) is 13.3. The maximum atomic E-state index is 13.4. The van der Waals surface area contributed by atoms with Gasteiger partial charge < -0.3 is 5.32 Å². The first-order valence-corrected chi connectivity index (χ1v) is 11.2. The van der Waals surface area contributed by atoms with E-state index in [0.29, 0.717) is 29.2 Å². The Balaban J connectivity index is 1.69. The van der Waals surface area contributed by atoms with Crippen LogP contribution >= 0.6 is 23.2 Å². The summed E-state index contributed by atoms with van der Waals surface area (Å²) in [6.45, 7) is 1.54. The average molecular weight is 541 g/mol. The Kier molecular flexibility index (Phi) is 6.92. The van der Waals surface area contributed by atoms with Gasteiger partial charge in [-0.25, -0.2) is 9.67 Å². The van der Waals surface area contributed by atoms with Crippen molar-refractivity contribution in [1.82, 2.24) is 25.6 Å². The molecule has 0 atom stereocenters. The highest BCUT2D eigenvalue weighted by molar-refractivity contribution is 6.32. The van der Waals surface area contributed by atoms with Crippen molar-refractivity contribution in [2.24, 2.45) is 5.92 Å². The number of anilines is 1. The van der Waals surface area contributed by atoms with Crippen molar-refractivity contribution in [1.29, 1.82) is 0 Å². The number of rotatable bonds is 5. The number of benzene rings is 1. The highest BCUT2D eigenvalue weighted by atomic mass is 35.5. The lowest BCUT2D eigenvalue weighted by Gasteiger charge is -2.15. The molecule has 1 aliphatic carbocycles. The van der Waals surface area contributed by atoms with Crippen molar-refractivity contribution in [3.05, 3.63) is 69.1 Å². The number of nitrogens with zero attached hydrogens (tertiary/aromatic N) is 3. The second-order valence-electron chi connectivity index (χ2n) is 7.95. The van der Waals surface area contributed by atoms with Crippen LogP contribution in [0.3, 0.4) is 0 Å². The molecule has 3 aromatic rings. The molecule has 2 heterocycles. The van der Waals surface area contributed by atoms with Crippen molar-refractivity contribution >= 4 is 46.6 Å². The standard InChI is InChI=1S/C22H17Cl2F3N6O3/c1-10-7-12(23)8-13(20(35)31-30-19(34)11-4-5-11)17(10)29-21(36)15-9-16(22(25,26)27)32-33(15)18-14(24)3-2-6-28-18/h2-3,6-9,11H,4-5H2,1H3,(H,29,36)(H,30,34)(H,31,35). The molecule has 2 aromatic heterocycles. The van der Waals surface area contributed by atoms with Gasteiger partial charge in [-0.2, -0.15) is 18.3 Å². The Bertz CT molecular complexity index is 1370. The molecule has 1 aliphatic rings. The summed E-state index contributed by atoms with van der Waals surface area (Å²) in [5.74, 6) is -2.55. The summed E-state index contributed by atoms with van der Waals surface area (Å²) in [7, 11) is 0. The van der Waals surface area contributed by atoms with E-state index in [1.165, 1.54) is 37.4 Å². The van der Waals surface area contributed by atoms with Gasteiger partial charge in [-0.05, 0) is 49.6 Å². The van der Waals surface area contributed by atoms with Crippen LogP contribution in [-0.2, 0) is 11.0 Å². The number of hydrazine groups is 1. The van der Waals surface area contributed by atoms with Crippen LogP contribution in [-0.4, -0.2) is 32.5 Å². The van der Waals surface area contributed by atoms with Gasteiger partial charge in [0.05, 0.1) is 16.3 Å². The van der Waals surface area contributed by atoms with Gasteiger partial charge in [0.1, 0.15) is 5.69 Å². The molecule has 188 valence electrons. The summed E-state index contributed by atoms with van der Waals surface area (Å²) in [6, 6.07) is 6.08. The topological polar surface area (TPSA) is 118 Å². The maximum Gasteiger partial charge on any atom is 0.435 e. The third-order valence-corrected chi connectivity index (χ3v) is 5.72. The molecule has 3 N–H and O–H groups in total. The van der Waals surface area contributed by atoms with Crippen molar-refractivity contribution in [2.75, 3.05) is 5.32 Å². The first-order chi connectivity index (χ1) is 17.0. The number of alkyl halides is 3. The second-order valence-corrected chi connectivity index (χ2v) is 8.79. The fourth-order valence-corrected chi connectivity index (χ4v) is 3.75. The van der Waals surface area contributed by atoms with Crippen molar-refractivity contribution in [2.45, 2.75) is 25.9 Å². The van der Waals surface area contributed by atoms with Crippen LogP contribution in [0.25, 0.3) is 5.82 Å². The number of nitrogens with one attached hydrogen (secondary N) is 3. The Morgan fingerprint density at radius 3 is 2.44 bits per heavy atom. The predicted molar refractivity (Wildman–Crippen MR) is 124 cm³/mol. The van der Waals surface area contributed by atoms with E-state index < -0.39 is 29.4 Å². The number of pyridine rings is 1. The smallest absolute Gasteiger partial charge is 0.320 e. The second kappa shape index (κ2) is 9.78. The van der Waals surface area contributed by atoms with E-state index in [1.807, 2.05) is 0 Å². The first kappa shape index (κ1) is 25.5. The van der Waals surface area contributed by atoms with Crippen molar-refractivity contribution < 1.29 is 27.6 Å². The Morgan fingerprint density at radius 2 is 1.81 bits per heavy atom. The molecule has 36 heavy (non-hydrogen) atoms. The number of hydrogen-bond donors (Lipinski definition) is 3. The van der Waals surface area contributed by atoms with E-state index in [9.17, 15) is 27.6 Å². The number of carbonyl (C=O) groups is 3. The summed E-state index contributed by atoms with van der Waals surface area (Å²) in [5.41, 5.74) is 2.85. The van der Waals surface area contributed by atoms with Gasteiger partial charge in [-0.1, -0.05) is 23.2 Å².